The Kier molecular flexibility index (Phi) is 4.08. The fourth-order valence-electron chi connectivity index (χ4n) is 2.99. The summed E-state index contributed by atoms with van der Waals surface area (Å²) in [7, 11) is 0. The van der Waals surface area contributed by atoms with Crippen molar-refractivity contribution >= 4 is 17.2 Å². The molecule has 0 unspecified atom stereocenters. The van der Waals surface area contributed by atoms with E-state index in [9.17, 15) is 4.79 Å². The average Bonchev–Trinajstić information content (AvgIpc) is 3.34. The fraction of sp³-hybridized carbons (Fsp3) is 0.294. The van der Waals surface area contributed by atoms with Gasteiger partial charge in [0.15, 0.2) is 0 Å². The Labute approximate surface area is 143 Å². The van der Waals surface area contributed by atoms with Gasteiger partial charge in [0.1, 0.15) is 5.69 Å². The van der Waals surface area contributed by atoms with E-state index in [2.05, 4.69) is 15.3 Å². The van der Waals surface area contributed by atoms with Crippen LogP contribution in [-0.4, -0.2) is 43.9 Å². The summed E-state index contributed by atoms with van der Waals surface area (Å²) in [6, 6.07) is 7.96. The van der Waals surface area contributed by atoms with Crippen molar-refractivity contribution in [1.82, 2.24) is 24.9 Å². The molecule has 0 bridgehead atoms. The monoisotopic (exact) mass is 339 g/mol. The zero-order valence-electron chi connectivity index (χ0n) is 13.1. The largest absolute Gasteiger partial charge is 0.338 e. The Morgan fingerprint density at radius 1 is 1.21 bits per heavy atom. The summed E-state index contributed by atoms with van der Waals surface area (Å²) in [5, 5.41) is 10.5. The Morgan fingerprint density at radius 2 is 2.08 bits per heavy atom. The minimum Gasteiger partial charge on any atom is -0.338 e. The van der Waals surface area contributed by atoms with E-state index in [0.29, 0.717) is 0 Å². The van der Waals surface area contributed by atoms with E-state index in [0.717, 1.165) is 42.1 Å². The molecule has 1 aliphatic heterocycles. The van der Waals surface area contributed by atoms with Crippen molar-refractivity contribution in [1.29, 1.82) is 0 Å². The average molecular weight is 339 g/mol. The highest BCUT2D eigenvalue weighted by Crippen LogP contribution is 2.25. The molecule has 6 nitrogen and oxygen atoms in total. The van der Waals surface area contributed by atoms with E-state index < -0.39 is 0 Å². The van der Waals surface area contributed by atoms with Gasteiger partial charge in [0.05, 0.1) is 17.1 Å². The van der Waals surface area contributed by atoms with Crippen LogP contribution in [0.3, 0.4) is 0 Å². The maximum Gasteiger partial charge on any atom is 0.263 e. The van der Waals surface area contributed by atoms with Crippen molar-refractivity contribution in [3.05, 3.63) is 53.1 Å². The molecule has 1 saturated heterocycles. The number of aromatic nitrogens is 4. The third-order valence-corrected chi connectivity index (χ3v) is 5.18. The zero-order valence-corrected chi connectivity index (χ0v) is 13.9. The smallest absolute Gasteiger partial charge is 0.263 e. The molecular formula is C17H17N5OS. The molecule has 0 atom stereocenters. The number of thiophene rings is 1. The van der Waals surface area contributed by atoms with Gasteiger partial charge in [-0.1, -0.05) is 11.3 Å². The number of pyridine rings is 1. The van der Waals surface area contributed by atoms with Crippen LogP contribution in [0, 0.1) is 0 Å². The molecule has 0 saturated carbocycles. The van der Waals surface area contributed by atoms with Crippen molar-refractivity contribution in [3.63, 3.8) is 0 Å². The van der Waals surface area contributed by atoms with Gasteiger partial charge in [-0.15, -0.1) is 16.4 Å². The van der Waals surface area contributed by atoms with Gasteiger partial charge in [-0.05, 0) is 36.4 Å². The number of carbonyl (C=O) groups is 1. The number of nitrogens with zero attached hydrogens (tertiary/aromatic N) is 5. The molecule has 0 spiro atoms. The lowest BCUT2D eigenvalue weighted by Crippen LogP contribution is -2.38. The van der Waals surface area contributed by atoms with Crippen LogP contribution in [0.2, 0.25) is 0 Å². The first-order valence-corrected chi connectivity index (χ1v) is 8.84. The number of likely N-dealkylation sites (tertiary alicyclic amines) is 1. The van der Waals surface area contributed by atoms with Crippen LogP contribution in [0.15, 0.2) is 48.2 Å². The molecule has 3 aromatic heterocycles. The summed E-state index contributed by atoms with van der Waals surface area (Å²) in [4.78, 5) is 19.2. The maximum atomic E-state index is 12.4. The van der Waals surface area contributed by atoms with E-state index in [1.54, 1.807) is 12.4 Å². The first-order chi connectivity index (χ1) is 11.8. The lowest BCUT2D eigenvalue weighted by Gasteiger charge is -2.31. The SMILES string of the molecule is O=C(c1cccs1)N1CCC(n2cc(-c3cccnc3)nn2)CC1. The first kappa shape index (κ1) is 15.0. The number of rotatable bonds is 3. The second-order valence-electron chi connectivity index (χ2n) is 5.83. The Balaban J connectivity index is 1.41. The first-order valence-electron chi connectivity index (χ1n) is 7.96. The number of hydrogen-bond donors (Lipinski definition) is 0. The van der Waals surface area contributed by atoms with Gasteiger partial charge in [0.2, 0.25) is 0 Å². The van der Waals surface area contributed by atoms with E-state index in [1.165, 1.54) is 11.3 Å². The third-order valence-electron chi connectivity index (χ3n) is 4.33. The van der Waals surface area contributed by atoms with Crippen LogP contribution < -0.4 is 0 Å². The highest BCUT2D eigenvalue weighted by atomic mass is 32.1. The molecule has 4 rings (SSSR count). The van der Waals surface area contributed by atoms with E-state index in [-0.39, 0.29) is 11.9 Å². The molecule has 3 aromatic rings. The Morgan fingerprint density at radius 3 is 2.79 bits per heavy atom. The summed E-state index contributed by atoms with van der Waals surface area (Å²) in [6.45, 7) is 1.51. The van der Waals surface area contributed by atoms with E-state index in [4.69, 9.17) is 0 Å². The fourth-order valence-corrected chi connectivity index (χ4v) is 3.68. The van der Waals surface area contributed by atoms with Crippen molar-refractivity contribution in [3.8, 4) is 11.3 Å². The van der Waals surface area contributed by atoms with Crippen molar-refractivity contribution < 1.29 is 4.79 Å². The van der Waals surface area contributed by atoms with Crippen LogP contribution in [-0.2, 0) is 0 Å². The van der Waals surface area contributed by atoms with Gasteiger partial charge in [-0.2, -0.15) is 0 Å². The third kappa shape index (κ3) is 2.94. The normalized spacial score (nSPS) is 15.6. The molecule has 4 heterocycles. The molecular weight excluding hydrogens is 322 g/mol. The second-order valence-corrected chi connectivity index (χ2v) is 6.77. The molecule has 122 valence electrons. The predicted octanol–water partition coefficient (Wildman–Crippen LogP) is 2.88. The summed E-state index contributed by atoms with van der Waals surface area (Å²) >= 11 is 1.50. The summed E-state index contributed by atoms with van der Waals surface area (Å²) in [5.74, 6) is 0.137. The van der Waals surface area contributed by atoms with Crippen LogP contribution >= 0.6 is 11.3 Å². The maximum absolute atomic E-state index is 12.4. The second kappa shape index (κ2) is 6.52. The molecule has 1 amide bonds. The van der Waals surface area contributed by atoms with Crippen LogP contribution in [0.1, 0.15) is 28.6 Å². The Hall–Kier alpha value is -2.54. The molecule has 24 heavy (non-hydrogen) atoms. The molecule has 1 aliphatic rings. The minimum atomic E-state index is 0.137. The van der Waals surface area contributed by atoms with E-state index >= 15 is 0 Å². The van der Waals surface area contributed by atoms with E-state index in [1.807, 2.05) is 45.4 Å². The zero-order chi connectivity index (χ0) is 16.4. The summed E-state index contributed by atoms with van der Waals surface area (Å²) in [5.41, 5.74) is 1.80. The van der Waals surface area contributed by atoms with Crippen molar-refractivity contribution in [2.75, 3.05) is 13.1 Å². The van der Waals surface area contributed by atoms with Gasteiger partial charge >= 0.3 is 0 Å². The van der Waals surface area contributed by atoms with Crippen molar-refractivity contribution in [2.24, 2.45) is 0 Å². The van der Waals surface area contributed by atoms with Crippen LogP contribution in [0.25, 0.3) is 11.3 Å². The van der Waals surface area contributed by atoms with Gasteiger partial charge in [-0.3, -0.25) is 9.78 Å². The highest BCUT2D eigenvalue weighted by molar-refractivity contribution is 7.12. The lowest BCUT2D eigenvalue weighted by molar-refractivity contribution is 0.0694. The van der Waals surface area contributed by atoms with Gasteiger partial charge < -0.3 is 4.90 Å². The molecule has 0 radical (unpaired) electrons. The number of carbonyl (C=O) groups excluding carboxylic acids is 1. The summed E-state index contributed by atoms with van der Waals surface area (Å²) < 4.78 is 1.93. The minimum absolute atomic E-state index is 0.137. The van der Waals surface area contributed by atoms with Gasteiger partial charge in [0.25, 0.3) is 5.91 Å². The molecule has 0 N–H and O–H groups in total. The molecule has 7 heteroatoms. The lowest BCUT2D eigenvalue weighted by atomic mass is 10.1. The summed E-state index contributed by atoms with van der Waals surface area (Å²) in [6.07, 6.45) is 7.29. The van der Waals surface area contributed by atoms with Crippen LogP contribution in [0.5, 0.6) is 0 Å². The predicted molar refractivity (Wildman–Crippen MR) is 91.7 cm³/mol. The Bertz CT molecular complexity index is 807. The quantitative estimate of drug-likeness (QED) is 0.736. The molecule has 0 aliphatic carbocycles. The molecule has 1 fully saturated rings. The van der Waals surface area contributed by atoms with Gasteiger partial charge in [0, 0.05) is 31.0 Å². The standard InChI is InChI=1S/C17H17N5OS/c23-17(16-4-2-10-24-16)21-8-5-14(6-9-21)22-12-15(19-20-22)13-3-1-7-18-11-13/h1-4,7,10-12,14H,5-6,8-9H2. The van der Waals surface area contributed by atoms with Crippen molar-refractivity contribution in [2.45, 2.75) is 18.9 Å². The number of amides is 1. The number of hydrogen-bond acceptors (Lipinski definition) is 5. The topological polar surface area (TPSA) is 63.9 Å². The molecule has 0 aromatic carbocycles. The van der Waals surface area contributed by atoms with Crippen LogP contribution in [0.4, 0.5) is 0 Å². The van der Waals surface area contributed by atoms with Gasteiger partial charge in [-0.25, -0.2) is 4.68 Å². The highest BCUT2D eigenvalue weighted by Gasteiger charge is 2.25. The number of piperidine rings is 1.